The van der Waals surface area contributed by atoms with E-state index in [0.717, 1.165) is 31.1 Å². The van der Waals surface area contributed by atoms with Gasteiger partial charge in [0.1, 0.15) is 0 Å². The minimum absolute atomic E-state index is 0.0222. The molecule has 0 heterocycles. The minimum Gasteiger partial charge on any atom is -0.465 e. The van der Waals surface area contributed by atoms with Gasteiger partial charge in [-0.1, -0.05) is 13.8 Å². The summed E-state index contributed by atoms with van der Waals surface area (Å²) in [6, 6.07) is 0. The second-order valence-electron chi connectivity index (χ2n) is 7.33. The second kappa shape index (κ2) is 4.76. The molecule has 4 aliphatic carbocycles. The van der Waals surface area contributed by atoms with Gasteiger partial charge in [0.15, 0.2) is 0 Å². The van der Waals surface area contributed by atoms with Crippen molar-refractivity contribution in [1.29, 1.82) is 0 Å². The Morgan fingerprint density at radius 1 is 1.32 bits per heavy atom. The summed E-state index contributed by atoms with van der Waals surface area (Å²) >= 11 is 0. The zero-order chi connectivity index (χ0) is 13.6. The molecule has 19 heavy (non-hydrogen) atoms. The molecule has 0 aromatic heterocycles. The van der Waals surface area contributed by atoms with E-state index < -0.39 is 0 Å². The summed E-state index contributed by atoms with van der Waals surface area (Å²) < 4.78 is 5.55. The van der Waals surface area contributed by atoms with E-state index in [0.29, 0.717) is 12.5 Å². The molecule has 4 bridgehead atoms. The molecule has 0 aromatic carbocycles. The number of aliphatic hydroxyl groups is 1. The Morgan fingerprint density at radius 2 is 1.95 bits per heavy atom. The summed E-state index contributed by atoms with van der Waals surface area (Å²) in [5.41, 5.74) is -0.113. The molecule has 4 rings (SSSR count). The lowest BCUT2D eigenvalue weighted by Crippen LogP contribution is -2.58. The zero-order valence-electron chi connectivity index (χ0n) is 12.1. The van der Waals surface area contributed by atoms with E-state index in [1.54, 1.807) is 0 Å². The molecule has 0 aliphatic heterocycles. The molecule has 3 nitrogen and oxygen atoms in total. The molecule has 108 valence electrons. The highest BCUT2D eigenvalue weighted by molar-refractivity contribution is 5.71. The van der Waals surface area contributed by atoms with E-state index in [-0.39, 0.29) is 23.4 Å². The molecule has 0 saturated heterocycles. The summed E-state index contributed by atoms with van der Waals surface area (Å²) in [4.78, 5) is 11.9. The van der Waals surface area contributed by atoms with Gasteiger partial charge in [-0.05, 0) is 56.3 Å². The van der Waals surface area contributed by atoms with Crippen LogP contribution in [0.5, 0.6) is 0 Å². The number of esters is 1. The highest BCUT2D eigenvalue weighted by Gasteiger charge is 2.57. The number of ether oxygens (including phenoxy) is 1. The molecule has 1 N–H and O–H groups in total. The van der Waals surface area contributed by atoms with Crippen LogP contribution in [0.4, 0.5) is 0 Å². The summed E-state index contributed by atoms with van der Waals surface area (Å²) in [5.74, 6) is 1.89. The fourth-order valence-corrected chi connectivity index (χ4v) is 4.91. The first kappa shape index (κ1) is 13.4. The first-order valence-electron chi connectivity index (χ1n) is 7.89. The van der Waals surface area contributed by atoms with Crippen LogP contribution < -0.4 is 0 Å². The van der Waals surface area contributed by atoms with Crippen LogP contribution in [0.25, 0.3) is 0 Å². The van der Waals surface area contributed by atoms with Gasteiger partial charge in [0.25, 0.3) is 0 Å². The predicted octanol–water partition coefficient (Wildman–Crippen LogP) is 2.76. The fraction of sp³-hybridized carbons (Fsp3) is 0.938. The number of rotatable bonds is 4. The van der Waals surface area contributed by atoms with Crippen molar-refractivity contribution in [2.75, 3.05) is 6.61 Å². The molecule has 4 atom stereocenters. The van der Waals surface area contributed by atoms with Gasteiger partial charge in [0.2, 0.25) is 0 Å². The van der Waals surface area contributed by atoms with Crippen LogP contribution in [0.15, 0.2) is 0 Å². The lowest BCUT2D eigenvalue weighted by molar-refractivity contribution is -0.188. The lowest BCUT2D eigenvalue weighted by Gasteiger charge is -2.59. The van der Waals surface area contributed by atoms with Crippen molar-refractivity contribution in [3.8, 4) is 0 Å². The maximum Gasteiger partial charge on any atom is 0.308 e. The SMILES string of the molecule is CCC(C)C(=O)OCC12CC3CC(CC(C3)C1O)C2. The van der Waals surface area contributed by atoms with E-state index in [4.69, 9.17) is 4.74 Å². The van der Waals surface area contributed by atoms with Gasteiger partial charge < -0.3 is 9.84 Å². The van der Waals surface area contributed by atoms with Gasteiger partial charge in [-0.2, -0.15) is 0 Å². The topological polar surface area (TPSA) is 46.5 Å². The quantitative estimate of drug-likeness (QED) is 0.796. The van der Waals surface area contributed by atoms with Crippen molar-refractivity contribution < 1.29 is 14.6 Å². The van der Waals surface area contributed by atoms with E-state index in [1.165, 1.54) is 19.3 Å². The Labute approximate surface area is 115 Å². The molecule has 0 spiro atoms. The molecule has 0 aromatic rings. The van der Waals surface area contributed by atoms with Crippen LogP contribution >= 0.6 is 0 Å². The largest absolute Gasteiger partial charge is 0.465 e. The van der Waals surface area contributed by atoms with E-state index in [1.807, 2.05) is 13.8 Å². The number of hydrogen-bond donors (Lipinski definition) is 1. The normalized spacial score (nSPS) is 45.2. The maximum atomic E-state index is 11.9. The van der Waals surface area contributed by atoms with Gasteiger partial charge in [-0.15, -0.1) is 0 Å². The van der Waals surface area contributed by atoms with E-state index in [2.05, 4.69) is 0 Å². The Balaban J connectivity index is 1.67. The lowest BCUT2D eigenvalue weighted by atomic mass is 9.48. The predicted molar refractivity (Wildman–Crippen MR) is 72.4 cm³/mol. The third kappa shape index (κ3) is 2.20. The van der Waals surface area contributed by atoms with Crippen LogP contribution in [0, 0.1) is 29.1 Å². The van der Waals surface area contributed by atoms with Gasteiger partial charge in [0, 0.05) is 5.41 Å². The fourth-order valence-electron chi connectivity index (χ4n) is 4.91. The smallest absolute Gasteiger partial charge is 0.308 e. The number of carbonyl (C=O) groups is 1. The highest BCUT2D eigenvalue weighted by Crippen LogP contribution is 2.60. The molecule has 4 aliphatic rings. The maximum absolute atomic E-state index is 11.9. The summed E-state index contributed by atoms with van der Waals surface area (Å²) in [6.07, 6.45) is 6.43. The Hall–Kier alpha value is -0.570. The van der Waals surface area contributed by atoms with Gasteiger partial charge >= 0.3 is 5.97 Å². The molecule has 4 saturated carbocycles. The summed E-state index contributed by atoms with van der Waals surface area (Å²) in [5, 5.41) is 10.6. The molecular formula is C16H26O3. The average molecular weight is 266 g/mol. The Kier molecular flexibility index (Phi) is 3.36. The standard InChI is InChI=1S/C16H26O3/c1-3-10(2)15(18)19-9-16-7-11-4-12(8-16)6-13(5-11)14(16)17/h10-14,17H,3-9H2,1-2H3. The van der Waals surface area contributed by atoms with Crippen LogP contribution in [-0.2, 0) is 9.53 Å². The Morgan fingerprint density at radius 3 is 2.53 bits per heavy atom. The first-order chi connectivity index (χ1) is 9.04. The third-order valence-electron chi connectivity index (χ3n) is 5.92. The van der Waals surface area contributed by atoms with Crippen molar-refractivity contribution >= 4 is 5.97 Å². The first-order valence-corrected chi connectivity index (χ1v) is 7.89. The molecular weight excluding hydrogens is 240 g/mol. The van der Waals surface area contributed by atoms with E-state index in [9.17, 15) is 9.90 Å². The molecule has 0 radical (unpaired) electrons. The number of hydrogen-bond acceptors (Lipinski definition) is 3. The summed E-state index contributed by atoms with van der Waals surface area (Å²) in [7, 11) is 0. The van der Waals surface area contributed by atoms with Gasteiger partial charge in [0.05, 0.1) is 18.6 Å². The second-order valence-corrected chi connectivity index (χ2v) is 7.33. The molecule has 4 fully saturated rings. The van der Waals surface area contributed by atoms with Crippen LogP contribution in [-0.4, -0.2) is 23.8 Å². The summed E-state index contributed by atoms with van der Waals surface area (Å²) in [6.45, 7) is 4.37. The highest BCUT2D eigenvalue weighted by atomic mass is 16.5. The zero-order valence-corrected chi connectivity index (χ0v) is 12.1. The van der Waals surface area contributed by atoms with Crippen molar-refractivity contribution in [3.63, 3.8) is 0 Å². The average Bonchev–Trinajstić information content (AvgIpc) is 2.40. The monoisotopic (exact) mass is 266 g/mol. The van der Waals surface area contributed by atoms with Gasteiger partial charge in [-0.3, -0.25) is 4.79 Å². The molecule has 0 amide bonds. The van der Waals surface area contributed by atoms with E-state index >= 15 is 0 Å². The van der Waals surface area contributed by atoms with Crippen molar-refractivity contribution in [2.24, 2.45) is 29.1 Å². The minimum atomic E-state index is -0.245. The van der Waals surface area contributed by atoms with Crippen molar-refractivity contribution in [1.82, 2.24) is 0 Å². The molecule has 4 unspecified atom stereocenters. The third-order valence-corrected chi connectivity index (χ3v) is 5.92. The van der Waals surface area contributed by atoms with Crippen LogP contribution in [0.3, 0.4) is 0 Å². The van der Waals surface area contributed by atoms with Crippen LogP contribution in [0.1, 0.15) is 52.4 Å². The molecule has 3 heteroatoms. The Bertz CT molecular complexity index is 351. The number of carbonyl (C=O) groups excluding carboxylic acids is 1. The van der Waals surface area contributed by atoms with Gasteiger partial charge in [-0.25, -0.2) is 0 Å². The van der Waals surface area contributed by atoms with Crippen molar-refractivity contribution in [3.05, 3.63) is 0 Å². The number of aliphatic hydroxyl groups excluding tert-OH is 1. The van der Waals surface area contributed by atoms with Crippen LogP contribution in [0.2, 0.25) is 0 Å². The van der Waals surface area contributed by atoms with Crippen molar-refractivity contribution in [2.45, 2.75) is 58.5 Å².